The maximum Gasteiger partial charge on any atom is 0.270 e. The van der Waals surface area contributed by atoms with E-state index in [4.69, 9.17) is 23.4 Å². The number of aliphatic hydroxyl groups excluding tert-OH is 1. The first-order chi connectivity index (χ1) is 24.3. The van der Waals surface area contributed by atoms with Gasteiger partial charge in [-0.15, -0.1) is 0 Å². The number of fused-ring (bicyclic) bond motifs is 1. The number of rotatable bonds is 12. The summed E-state index contributed by atoms with van der Waals surface area (Å²) in [6.45, 7) is 10.8. The first kappa shape index (κ1) is 36.3. The first-order valence-corrected chi connectivity index (χ1v) is 19.9. The maximum atomic E-state index is 12.1. The van der Waals surface area contributed by atoms with Crippen LogP contribution in [0.2, 0.25) is 18.1 Å². The van der Waals surface area contributed by atoms with Crippen LogP contribution in [0.15, 0.2) is 109 Å². The third-order valence-electron chi connectivity index (χ3n) is 10.4. The molecule has 0 radical (unpaired) electrons. The first-order valence-electron chi connectivity index (χ1n) is 17.0. The number of benzene rings is 4. The zero-order valence-electron chi connectivity index (χ0n) is 30.1. The molecule has 4 atom stereocenters. The molecule has 1 saturated heterocycles. The van der Waals surface area contributed by atoms with Crippen LogP contribution in [-0.4, -0.2) is 62.1 Å². The Kier molecular flexibility index (Phi) is 10.1. The Labute approximate surface area is 299 Å². The molecule has 1 aliphatic heterocycles. The summed E-state index contributed by atoms with van der Waals surface area (Å²) in [7, 11) is 0.832. The molecule has 10 nitrogen and oxygen atoms in total. The summed E-state index contributed by atoms with van der Waals surface area (Å²) in [6, 6.07) is 32.1. The molecule has 268 valence electrons. The molecule has 0 aliphatic carbocycles. The van der Waals surface area contributed by atoms with Crippen LogP contribution in [0.1, 0.15) is 43.7 Å². The van der Waals surface area contributed by atoms with Crippen LogP contribution in [0.25, 0.3) is 10.9 Å². The number of aliphatic hydroxyl groups is 1. The van der Waals surface area contributed by atoms with Crippen molar-refractivity contribution in [2.45, 2.75) is 69.0 Å². The van der Waals surface area contributed by atoms with Crippen molar-refractivity contribution in [3.8, 4) is 11.5 Å². The van der Waals surface area contributed by atoms with Crippen molar-refractivity contribution < 1.29 is 33.4 Å². The summed E-state index contributed by atoms with van der Waals surface area (Å²) in [5, 5.41) is 24.2. The molecule has 51 heavy (non-hydrogen) atoms. The molecular weight excluding hydrogens is 665 g/mol. The molecule has 5 aromatic rings. The fourth-order valence-electron chi connectivity index (χ4n) is 6.49. The van der Waals surface area contributed by atoms with Gasteiger partial charge in [0.25, 0.3) is 5.69 Å². The number of nitro groups is 1. The van der Waals surface area contributed by atoms with Crippen molar-refractivity contribution in [3.05, 3.63) is 136 Å². The summed E-state index contributed by atoms with van der Waals surface area (Å²) >= 11 is 0. The molecule has 6 rings (SSSR count). The van der Waals surface area contributed by atoms with Gasteiger partial charge in [-0.1, -0.05) is 75.4 Å². The molecule has 0 spiro atoms. The van der Waals surface area contributed by atoms with Gasteiger partial charge < -0.3 is 33.0 Å². The average Bonchev–Trinajstić information content (AvgIpc) is 3.68. The van der Waals surface area contributed by atoms with E-state index in [9.17, 15) is 15.2 Å². The van der Waals surface area contributed by atoms with Gasteiger partial charge >= 0.3 is 0 Å². The lowest BCUT2D eigenvalue weighted by Gasteiger charge is -2.40. The molecule has 2 heterocycles. The summed E-state index contributed by atoms with van der Waals surface area (Å²) in [4.78, 5) is 11.1. The van der Waals surface area contributed by atoms with E-state index in [0.717, 1.165) is 22.2 Å². The van der Waals surface area contributed by atoms with Crippen molar-refractivity contribution in [3.63, 3.8) is 0 Å². The highest BCUT2D eigenvalue weighted by molar-refractivity contribution is 6.74. The van der Waals surface area contributed by atoms with E-state index in [1.54, 1.807) is 26.4 Å². The predicted octanol–water partition coefficient (Wildman–Crippen LogP) is 8.22. The van der Waals surface area contributed by atoms with E-state index < -0.39 is 43.4 Å². The molecule has 1 fully saturated rings. The van der Waals surface area contributed by atoms with Gasteiger partial charge in [0, 0.05) is 23.7 Å². The maximum absolute atomic E-state index is 12.1. The van der Waals surface area contributed by atoms with E-state index in [2.05, 4.69) is 33.9 Å². The molecule has 4 aromatic carbocycles. The Morgan fingerprint density at radius 1 is 0.843 bits per heavy atom. The van der Waals surface area contributed by atoms with E-state index in [1.807, 2.05) is 95.7 Å². The van der Waals surface area contributed by atoms with E-state index in [0.29, 0.717) is 16.9 Å². The minimum Gasteiger partial charge on any atom is -0.497 e. The lowest BCUT2D eigenvalue weighted by Crippen LogP contribution is -2.49. The van der Waals surface area contributed by atoms with Gasteiger partial charge in [0.05, 0.1) is 31.3 Å². The third kappa shape index (κ3) is 6.92. The van der Waals surface area contributed by atoms with Gasteiger partial charge in [-0.3, -0.25) is 10.1 Å². The highest BCUT2D eigenvalue weighted by Gasteiger charge is 2.51. The molecule has 1 aliphatic rings. The number of ether oxygens (including phenoxy) is 4. The van der Waals surface area contributed by atoms with Crippen molar-refractivity contribution in [1.29, 1.82) is 0 Å². The molecule has 1 unspecified atom stereocenters. The Bertz CT molecular complexity index is 1910. The third-order valence-corrected chi connectivity index (χ3v) is 14.8. The van der Waals surface area contributed by atoms with Gasteiger partial charge in [-0.2, -0.15) is 0 Å². The van der Waals surface area contributed by atoms with Gasteiger partial charge in [0.1, 0.15) is 35.4 Å². The van der Waals surface area contributed by atoms with Crippen LogP contribution in [0.5, 0.6) is 11.5 Å². The summed E-state index contributed by atoms with van der Waals surface area (Å²) in [5.41, 5.74) is 2.22. The zero-order chi connectivity index (χ0) is 36.6. The molecule has 0 saturated carbocycles. The number of nitrogens with zero attached hydrogens (tertiary/aromatic N) is 2. The van der Waals surface area contributed by atoms with Crippen LogP contribution in [0.3, 0.4) is 0 Å². The lowest BCUT2D eigenvalue weighted by atomic mass is 9.80. The van der Waals surface area contributed by atoms with E-state index >= 15 is 0 Å². The highest BCUT2D eigenvalue weighted by Crippen LogP contribution is 2.45. The molecule has 0 amide bonds. The topological polar surface area (TPSA) is 114 Å². The van der Waals surface area contributed by atoms with Gasteiger partial charge in [0.2, 0.25) is 0 Å². The van der Waals surface area contributed by atoms with Crippen LogP contribution in [-0.2, 0) is 19.5 Å². The van der Waals surface area contributed by atoms with Gasteiger partial charge in [0.15, 0.2) is 14.5 Å². The second kappa shape index (κ2) is 14.2. The Morgan fingerprint density at radius 3 is 1.94 bits per heavy atom. The van der Waals surface area contributed by atoms with Crippen LogP contribution < -0.4 is 9.47 Å². The van der Waals surface area contributed by atoms with Crippen molar-refractivity contribution >= 4 is 24.9 Å². The fraction of sp³-hybridized carbons (Fsp3) is 0.350. The molecule has 11 heteroatoms. The number of non-ortho nitro benzene ring substituents is 1. The predicted molar refractivity (Wildman–Crippen MR) is 199 cm³/mol. The smallest absolute Gasteiger partial charge is 0.270 e. The van der Waals surface area contributed by atoms with Crippen molar-refractivity contribution in [2.24, 2.45) is 0 Å². The summed E-state index contributed by atoms with van der Waals surface area (Å²) in [6.07, 6.45) is -1.48. The standard InChI is InChI=1S/C40H46N2O8Si/c1-39(2,3)51(6,7)50-37-36(43)35(49-38(37)41-24-23-27-25-31(42(44)45)17-22-34(27)41)26-48-40(28-11-9-8-10-12-28,29-13-18-32(46-4)19-14-29)30-15-20-33(47-5)21-16-30/h8-25,35-38,43H,26H2,1-7H3/t35-,36?,37+,38-/m1/s1. The van der Waals surface area contributed by atoms with Gasteiger partial charge in [-0.05, 0) is 71.2 Å². The highest BCUT2D eigenvalue weighted by atomic mass is 28.4. The monoisotopic (exact) mass is 710 g/mol. The zero-order valence-corrected chi connectivity index (χ0v) is 31.1. The molecule has 0 bridgehead atoms. The van der Waals surface area contributed by atoms with E-state index in [1.165, 1.54) is 6.07 Å². The number of hydrogen-bond donors (Lipinski definition) is 1. The summed E-state index contributed by atoms with van der Waals surface area (Å²) in [5.74, 6) is 1.42. The van der Waals surface area contributed by atoms with Crippen LogP contribution in [0.4, 0.5) is 5.69 Å². The lowest BCUT2D eigenvalue weighted by molar-refractivity contribution is -0.384. The quantitative estimate of drug-likeness (QED) is 0.0596. The minimum absolute atomic E-state index is 0.00212. The number of methoxy groups -OCH3 is 2. The largest absolute Gasteiger partial charge is 0.497 e. The fourth-order valence-corrected chi connectivity index (χ4v) is 7.78. The summed E-state index contributed by atoms with van der Waals surface area (Å²) < 4.78 is 33.7. The van der Waals surface area contributed by atoms with Crippen LogP contribution >= 0.6 is 0 Å². The number of nitro benzene ring substituents is 1. The van der Waals surface area contributed by atoms with E-state index in [-0.39, 0.29) is 17.3 Å². The number of hydrogen-bond acceptors (Lipinski definition) is 8. The second-order valence-corrected chi connectivity index (χ2v) is 19.2. The molecule has 1 aromatic heterocycles. The Balaban J connectivity index is 1.43. The Morgan fingerprint density at radius 2 is 1.41 bits per heavy atom. The van der Waals surface area contributed by atoms with Gasteiger partial charge in [-0.25, -0.2) is 0 Å². The van der Waals surface area contributed by atoms with Crippen molar-refractivity contribution in [1.82, 2.24) is 4.57 Å². The molecule has 1 N–H and O–H groups in total. The molecular formula is C40H46N2O8Si. The number of aromatic nitrogens is 1. The Hall–Kier alpha value is -4.52. The SMILES string of the molecule is COc1ccc(C(OC[C@H]2O[C@@H](n3ccc4cc([N+](=O)[O-])ccc43)[C@@H](O[Si](C)(C)C(C)(C)C)C2O)(c2ccccc2)c2ccc(OC)cc2)cc1. The second-order valence-electron chi connectivity index (χ2n) is 14.4. The minimum atomic E-state index is -2.43. The van der Waals surface area contributed by atoms with Crippen LogP contribution in [0, 0.1) is 10.1 Å². The normalized spacial score (nSPS) is 19.7. The van der Waals surface area contributed by atoms with Crippen molar-refractivity contribution in [2.75, 3.05) is 20.8 Å². The average molecular weight is 711 g/mol.